The highest BCUT2D eigenvalue weighted by Crippen LogP contribution is 2.31. The van der Waals surface area contributed by atoms with Crippen LogP contribution in [-0.4, -0.2) is 40.4 Å². The van der Waals surface area contributed by atoms with Crippen LogP contribution in [0.4, 0.5) is 0 Å². The highest BCUT2D eigenvalue weighted by Gasteiger charge is 2.32. The maximum Gasteiger partial charge on any atom is 0.289 e. The smallest absolute Gasteiger partial charge is 0.289 e. The van der Waals surface area contributed by atoms with E-state index < -0.39 is 17.6 Å². The molecule has 1 aromatic heterocycles. The van der Waals surface area contributed by atoms with E-state index in [0.29, 0.717) is 0 Å². The third kappa shape index (κ3) is 3.35. The summed E-state index contributed by atoms with van der Waals surface area (Å²) in [7, 11) is 1.55. The Bertz CT molecular complexity index is 917. The number of aryl methyl sites for hydroxylation is 2. The van der Waals surface area contributed by atoms with Crippen LogP contribution in [0.5, 0.6) is 0 Å². The monoisotopic (exact) mass is 371 g/mol. The summed E-state index contributed by atoms with van der Waals surface area (Å²) in [5.74, 6) is -1.43. The molecule has 0 bridgehead atoms. The Morgan fingerprint density at radius 3 is 2.69 bits per heavy atom. The Hall–Kier alpha value is -2.67. The van der Waals surface area contributed by atoms with E-state index in [1.54, 1.807) is 18.4 Å². The molecule has 1 aliphatic heterocycles. The van der Waals surface area contributed by atoms with Crippen LogP contribution < -0.4 is 5.32 Å². The van der Waals surface area contributed by atoms with Gasteiger partial charge in [-0.3, -0.25) is 9.59 Å². The van der Waals surface area contributed by atoms with Crippen molar-refractivity contribution in [1.82, 2.24) is 15.2 Å². The van der Waals surface area contributed by atoms with Gasteiger partial charge in [0.1, 0.15) is 0 Å². The Morgan fingerprint density at radius 2 is 2.12 bits per heavy atom. The van der Waals surface area contributed by atoms with Crippen molar-refractivity contribution in [2.45, 2.75) is 26.8 Å². The van der Waals surface area contributed by atoms with Gasteiger partial charge in [-0.25, -0.2) is 4.98 Å². The molecule has 1 unspecified atom stereocenters. The molecule has 0 aliphatic carbocycles. The lowest BCUT2D eigenvalue weighted by Crippen LogP contribution is -2.30. The van der Waals surface area contributed by atoms with Gasteiger partial charge in [0.2, 0.25) is 0 Å². The molecule has 7 heteroatoms. The molecule has 2 amide bonds. The van der Waals surface area contributed by atoms with Gasteiger partial charge < -0.3 is 15.3 Å². The van der Waals surface area contributed by atoms with Gasteiger partial charge in [0, 0.05) is 7.05 Å². The fourth-order valence-corrected chi connectivity index (χ4v) is 3.90. The molecular formula is C19H21N3O3S. The second-order valence-corrected chi connectivity index (χ2v) is 7.66. The summed E-state index contributed by atoms with van der Waals surface area (Å²) in [5.41, 5.74) is 3.10. The SMILES string of the molecule is Cc1nc(C)c(-c2cccc(C(C)NC(=O)C3=C(O)C(=O)N(C)C3)c2)s1. The minimum atomic E-state index is -0.527. The molecule has 2 aromatic rings. The molecule has 0 fully saturated rings. The quantitative estimate of drug-likeness (QED) is 0.866. The molecule has 136 valence electrons. The number of nitrogens with zero attached hydrogens (tertiary/aromatic N) is 2. The highest BCUT2D eigenvalue weighted by molar-refractivity contribution is 7.15. The summed E-state index contributed by atoms with van der Waals surface area (Å²) in [4.78, 5) is 31.0. The number of benzene rings is 1. The first kappa shape index (κ1) is 18.1. The number of hydrogen-bond acceptors (Lipinski definition) is 5. The van der Waals surface area contributed by atoms with Crippen LogP contribution in [0.15, 0.2) is 35.6 Å². The zero-order valence-electron chi connectivity index (χ0n) is 15.2. The predicted octanol–water partition coefficient (Wildman–Crippen LogP) is 2.89. The van der Waals surface area contributed by atoms with E-state index in [9.17, 15) is 14.7 Å². The third-order valence-electron chi connectivity index (χ3n) is 4.40. The molecule has 26 heavy (non-hydrogen) atoms. The first-order valence-electron chi connectivity index (χ1n) is 8.30. The molecule has 2 heterocycles. The van der Waals surface area contributed by atoms with E-state index in [2.05, 4.69) is 10.3 Å². The van der Waals surface area contributed by atoms with Crippen LogP contribution >= 0.6 is 11.3 Å². The van der Waals surface area contributed by atoms with E-state index in [-0.39, 0.29) is 18.2 Å². The van der Waals surface area contributed by atoms with E-state index in [1.165, 1.54) is 4.90 Å². The van der Waals surface area contributed by atoms with Crippen LogP contribution in [0.3, 0.4) is 0 Å². The number of rotatable bonds is 4. The van der Waals surface area contributed by atoms with Gasteiger partial charge >= 0.3 is 0 Å². The second kappa shape index (κ2) is 6.92. The largest absolute Gasteiger partial charge is 0.503 e. The van der Waals surface area contributed by atoms with Crippen molar-refractivity contribution in [3.05, 3.63) is 51.9 Å². The maximum absolute atomic E-state index is 12.4. The maximum atomic E-state index is 12.4. The first-order chi connectivity index (χ1) is 12.3. The van der Waals surface area contributed by atoms with Crippen LogP contribution in [-0.2, 0) is 9.59 Å². The zero-order valence-corrected chi connectivity index (χ0v) is 16.0. The Kier molecular flexibility index (Phi) is 4.82. The highest BCUT2D eigenvalue weighted by atomic mass is 32.1. The van der Waals surface area contributed by atoms with Crippen molar-refractivity contribution in [1.29, 1.82) is 0 Å². The molecule has 6 nitrogen and oxygen atoms in total. The van der Waals surface area contributed by atoms with Crippen molar-refractivity contribution < 1.29 is 14.7 Å². The van der Waals surface area contributed by atoms with Gasteiger partial charge in [0.25, 0.3) is 11.8 Å². The number of thiazole rings is 1. The summed E-state index contributed by atoms with van der Waals surface area (Å²) >= 11 is 1.64. The number of carbonyl (C=O) groups is 2. The topological polar surface area (TPSA) is 82.5 Å². The summed E-state index contributed by atoms with van der Waals surface area (Å²) in [6, 6.07) is 7.68. The molecular weight excluding hydrogens is 350 g/mol. The van der Waals surface area contributed by atoms with Crippen LogP contribution in [0, 0.1) is 13.8 Å². The zero-order chi connectivity index (χ0) is 19.0. The third-order valence-corrected chi connectivity index (χ3v) is 5.53. The number of amides is 2. The molecule has 0 saturated heterocycles. The first-order valence-corrected chi connectivity index (χ1v) is 9.12. The minimum Gasteiger partial charge on any atom is -0.503 e. The Morgan fingerprint density at radius 1 is 1.38 bits per heavy atom. The number of hydrogen-bond donors (Lipinski definition) is 2. The van der Waals surface area contributed by atoms with Gasteiger partial charge in [0.05, 0.1) is 33.7 Å². The molecule has 0 spiro atoms. The lowest BCUT2D eigenvalue weighted by molar-refractivity contribution is -0.126. The molecule has 3 rings (SSSR count). The van der Waals surface area contributed by atoms with Crippen molar-refractivity contribution in [2.75, 3.05) is 13.6 Å². The van der Waals surface area contributed by atoms with Crippen molar-refractivity contribution in [2.24, 2.45) is 0 Å². The van der Waals surface area contributed by atoms with Crippen molar-refractivity contribution >= 4 is 23.2 Å². The summed E-state index contributed by atoms with van der Waals surface area (Å²) in [6.45, 7) is 5.95. The van der Waals surface area contributed by atoms with E-state index in [4.69, 9.17) is 0 Å². The Labute approximate surface area is 156 Å². The van der Waals surface area contributed by atoms with Gasteiger partial charge in [-0.1, -0.05) is 18.2 Å². The van der Waals surface area contributed by atoms with Gasteiger partial charge in [-0.05, 0) is 38.0 Å². The standard InChI is InChI=1S/C19H21N3O3S/c1-10(21-18(24)15-9-22(4)19(25)16(15)23)13-6-5-7-14(8-13)17-11(2)20-12(3)26-17/h5-8,10,23H,9H2,1-4H3,(H,21,24). The number of aliphatic hydroxyl groups excluding tert-OH is 1. The van der Waals surface area contributed by atoms with Gasteiger partial charge in [-0.2, -0.15) is 0 Å². The van der Waals surface area contributed by atoms with E-state index >= 15 is 0 Å². The average molecular weight is 371 g/mol. The lowest BCUT2D eigenvalue weighted by Gasteiger charge is -2.16. The van der Waals surface area contributed by atoms with Gasteiger partial charge in [0.15, 0.2) is 5.76 Å². The number of aromatic nitrogens is 1. The molecule has 0 radical (unpaired) electrons. The Balaban J connectivity index is 1.80. The number of carbonyl (C=O) groups excluding carboxylic acids is 2. The van der Waals surface area contributed by atoms with Crippen molar-refractivity contribution in [3.8, 4) is 10.4 Å². The summed E-state index contributed by atoms with van der Waals surface area (Å²) < 4.78 is 0. The normalized spacial score (nSPS) is 15.5. The van der Waals surface area contributed by atoms with Crippen LogP contribution in [0.25, 0.3) is 10.4 Å². The molecule has 1 atom stereocenters. The summed E-state index contributed by atoms with van der Waals surface area (Å²) in [5, 5.41) is 13.7. The number of likely N-dealkylation sites (N-methyl/N-ethyl adjacent to an activating group) is 1. The number of nitrogens with one attached hydrogen (secondary N) is 1. The second-order valence-electron chi connectivity index (χ2n) is 6.46. The summed E-state index contributed by atoms with van der Waals surface area (Å²) in [6.07, 6.45) is 0. The van der Waals surface area contributed by atoms with E-state index in [0.717, 1.165) is 26.7 Å². The minimum absolute atomic E-state index is 0.106. The molecule has 1 aromatic carbocycles. The fourth-order valence-electron chi connectivity index (χ4n) is 2.99. The van der Waals surface area contributed by atoms with E-state index in [1.807, 2.05) is 45.0 Å². The predicted molar refractivity (Wildman–Crippen MR) is 101 cm³/mol. The number of aliphatic hydroxyl groups is 1. The molecule has 2 N–H and O–H groups in total. The molecule has 0 saturated carbocycles. The van der Waals surface area contributed by atoms with Crippen molar-refractivity contribution in [3.63, 3.8) is 0 Å². The van der Waals surface area contributed by atoms with Crippen LogP contribution in [0.1, 0.15) is 29.2 Å². The van der Waals surface area contributed by atoms with Gasteiger partial charge in [-0.15, -0.1) is 11.3 Å². The van der Waals surface area contributed by atoms with Crippen LogP contribution in [0.2, 0.25) is 0 Å². The molecule has 1 aliphatic rings. The average Bonchev–Trinajstić information content (AvgIpc) is 3.08. The fraction of sp³-hybridized carbons (Fsp3) is 0.316. The lowest BCUT2D eigenvalue weighted by atomic mass is 10.0.